The number of carbonyl (C=O) groups is 1. The summed E-state index contributed by atoms with van der Waals surface area (Å²) < 4.78 is 4.92. The van der Waals surface area contributed by atoms with Gasteiger partial charge in [0.2, 0.25) is 0 Å². The van der Waals surface area contributed by atoms with Crippen molar-refractivity contribution in [3.63, 3.8) is 0 Å². The van der Waals surface area contributed by atoms with Crippen LogP contribution in [0.5, 0.6) is 0 Å². The summed E-state index contributed by atoms with van der Waals surface area (Å²) >= 11 is 0. The maximum absolute atomic E-state index is 11.0. The molecule has 0 bridgehead atoms. The minimum Gasteiger partial charge on any atom is -0.461 e. The van der Waals surface area contributed by atoms with Crippen LogP contribution in [0.15, 0.2) is 0 Å². The Kier molecular flexibility index (Phi) is 1.47. The van der Waals surface area contributed by atoms with Crippen LogP contribution in [0.25, 0.3) is 0 Å². The maximum Gasteiger partial charge on any atom is 0.326 e. The van der Waals surface area contributed by atoms with Gasteiger partial charge >= 0.3 is 5.97 Å². The van der Waals surface area contributed by atoms with Gasteiger partial charge in [0.25, 0.3) is 0 Å². The van der Waals surface area contributed by atoms with Crippen molar-refractivity contribution in [1.82, 2.24) is 0 Å². The largest absolute Gasteiger partial charge is 0.461 e. The number of ether oxygens (including phenoxy) is 1. The highest BCUT2D eigenvalue weighted by Gasteiger charge is 2.47. The van der Waals surface area contributed by atoms with Gasteiger partial charge in [0.1, 0.15) is 11.6 Å². The third-order valence-electron chi connectivity index (χ3n) is 2.38. The molecular weight excluding hydrogens is 130 g/mol. The number of hydrogen-bond acceptors (Lipinski definition) is 3. The van der Waals surface area contributed by atoms with Crippen LogP contribution in [-0.2, 0) is 9.53 Å². The number of cyclic esters (lactones) is 1. The number of hydrogen-bond donors (Lipinski definition) is 1. The van der Waals surface area contributed by atoms with E-state index in [1.54, 1.807) is 6.92 Å². The molecule has 3 atom stereocenters. The normalized spacial score (nSPS) is 47.4. The van der Waals surface area contributed by atoms with E-state index in [1.807, 2.05) is 13.8 Å². The zero-order chi connectivity index (χ0) is 7.94. The molecule has 58 valence electrons. The first-order valence-electron chi connectivity index (χ1n) is 3.46. The highest BCUT2D eigenvalue weighted by Crippen LogP contribution is 2.28. The van der Waals surface area contributed by atoms with Crippen LogP contribution in [-0.4, -0.2) is 17.6 Å². The van der Waals surface area contributed by atoms with Gasteiger partial charge in [-0.05, 0) is 13.8 Å². The van der Waals surface area contributed by atoms with Gasteiger partial charge in [-0.2, -0.15) is 0 Å². The lowest BCUT2D eigenvalue weighted by Gasteiger charge is -2.18. The molecule has 1 saturated heterocycles. The van der Waals surface area contributed by atoms with E-state index in [9.17, 15) is 4.79 Å². The predicted molar refractivity (Wildman–Crippen MR) is 37.3 cm³/mol. The molecule has 0 unspecified atom stereocenters. The summed E-state index contributed by atoms with van der Waals surface area (Å²) in [7, 11) is 0. The lowest BCUT2D eigenvalue weighted by molar-refractivity contribution is -0.144. The topological polar surface area (TPSA) is 52.3 Å². The van der Waals surface area contributed by atoms with Crippen molar-refractivity contribution < 1.29 is 9.53 Å². The molecule has 3 nitrogen and oxygen atoms in total. The van der Waals surface area contributed by atoms with Crippen molar-refractivity contribution in [3.8, 4) is 0 Å². The summed E-state index contributed by atoms with van der Waals surface area (Å²) in [5.74, 6) is -0.174. The predicted octanol–water partition coefficient (Wildman–Crippen LogP) is 0.285. The molecular formula is C7H13NO2. The van der Waals surface area contributed by atoms with Crippen molar-refractivity contribution in [1.29, 1.82) is 0 Å². The zero-order valence-electron chi connectivity index (χ0n) is 6.55. The molecule has 0 saturated carbocycles. The Hall–Kier alpha value is -0.570. The van der Waals surface area contributed by atoms with Crippen LogP contribution in [0.1, 0.15) is 20.8 Å². The lowest BCUT2D eigenvalue weighted by Crippen LogP contribution is -2.46. The molecule has 0 radical (unpaired) electrons. The van der Waals surface area contributed by atoms with E-state index in [1.165, 1.54) is 0 Å². The fraction of sp³-hybridized carbons (Fsp3) is 0.857. The van der Waals surface area contributed by atoms with E-state index < -0.39 is 5.54 Å². The lowest BCUT2D eigenvalue weighted by atomic mass is 9.88. The van der Waals surface area contributed by atoms with E-state index in [4.69, 9.17) is 10.5 Å². The summed E-state index contributed by atoms with van der Waals surface area (Å²) in [5.41, 5.74) is 4.90. The Morgan fingerprint density at radius 1 is 1.60 bits per heavy atom. The Morgan fingerprint density at radius 3 is 2.20 bits per heavy atom. The Morgan fingerprint density at radius 2 is 2.10 bits per heavy atom. The molecule has 1 aliphatic rings. The smallest absolute Gasteiger partial charge is 0.326 e. The van der Waals surface area contributed by atoms with Crippen molar-refractivity contribution in [3.05, 3.63) is 0 Å². The van der Waals surface area contributed by atoms with E-state index in [0.29, 0.717) is 0 Å². The third-order valence-corrected chi connectivity index (χ3v) is 2.38. The SMILES string of the molecule is C[C@@H]1OC(=O)[C@@](C)(N)[C@@H]1C. The minimum atomic E-state index is -0.778. The molecule has 0 spiro atoms. The Balaban J connectivity index is 2.85. The van der Waals surface area contributed by atoms with Crippen LogP contribution in [0, 0.1) is 5.92 Å². The monoisotopic (exact) mass is 143 g/mol. The van der Waals surface area contributed by atoms with Crippen LogP contribution in [0.2, 0.25) is 0 Å². The second-order valence-electron chi connectivity index (χ2n) is 3.18. The van der Waals surface area contributed by atoms with Crippen molar-refractivity contribution >= 4 is 5.97 Å². The first-order valence-corrected chi connectivity index (χ1v) is 3.46. The van der Waals surface area contributed by atoms with Gasteiger partial charge in [-0.3, -0.25) is 4.79 Å². The highest BCUT2D eigenvalue weighted by atomic mass is 16.6. The van der Waals surface area contributed by atoms with Crippen LogP contribution in [0.4, 0.5) is 0 Å². The van der Waals surface area contributed by atoms with E-state index >= 15 is 0 Å². The molecule has 10 heavy (non-hydrogen) atoms. The molecule has 3 heteroatoms. The Bertz CT molecular complexity index is 165. The number of nitrogens with two attached hydrogens (primary N) is 1. The van der Waals surface area contributed by atoms with Gasteiger partial charge in [-0.1, -0.05) is 6.92 Å². The molecule has 0 aromatic heterocycles. The summed E-state index contributed by atoms with van der Waals surface area (Å²) in [5, 5.41) is 0. The minimum absolute atomic E-state index is 0.0394. The summed E-state index contributed by atoms with van der Waals surface area (Å²) in [4.78, 5) is 11.0. The van der Waals surface area contributed by atoms with Crippen LogP contribution < -0.4 is 5.73 Å². The zero-order valence-corrected chi connectivity index (χ0v) is 6.55. The molecule has 0 aromatic carbocycles. The van der Waals surface area contributed by atoms with Gasteiger partial charge in [0, 0.05) is 5.92 Å². The molecule has 2 N–H and O–H groups in total. The average molecular weight is 143 g/mol. The first-order chi connectivity index (χ1) is 4.46. The molecule has 1 rings (SSSR count). The second kappa shape index (κ2) is 1.95. The number of carbonyl (C=O) groups excluding carboxylic acids is 1. The molecule has 0 aromatic rings. The fourth-order valence-corrected chi connectivity index (χ4v) is 1.07. The maximum atomic E-state index is 11.0. The molecule has 0 amide bonds. The first kappa shape index (κ1) is 7.54. The summed E-state index contributed by atoms with van der Waals surface area (Å²) in [6.07, 6.45) is -0.0394. The fourth-order valence-electron chi connectivity index (χ4n) is 1.07. The van der Waals surface area contributed by atoms with Gasteiger partial charge in [-0.25, -0.2) is 0 Å². The molecule has 1 aliphatic heterocycles. The van der Waals surface area contributed by atoms with Gasteiger partial charge in [-0.15, -0.1) is 0 Å². The Labute approximate surface area is 60.5 Å². The van der Waals surface area contributed by atoms with Crippen molar-refractivity contribution in [2.24, 2.45) is 11.7 Å². The highest BCUT2D eigenvalue weighted by molar-refractivity contribution is 5.82. The molecule has 1 fully saturated rings. The van der Waals surface area contributed by atoms with Crippen molar-refractivity contribution in [2.75, 3.05) is 0 Å². The van der Waals surface area contributed by atoms with Crippen molar-refractivity contribution in [2.45, 2.75) is 32.4 Å². The van der Waals surface area contributed by atoms with Crippen LogP contribution in [0.3, 0.4) is 0 Å². The number of esters is 1. The third kappa shape index (κ3) is 0.814. The summed E-state index contributed by atoms with van der Waals surface area (Å²) in [6, 6.07) is 0. The van der Waals surface area contributed by atoms with E-state index in [-0.39, 0.29) is 18.0 Å². The standard InChI is InChI=1S/C7H13NO2/c1-4-5(2)10-6(9)7(4,3)8/h4-5H,8H2,1-3H3/t4-,5+,7+/m1/s1. The molecule has 1 heterocycles. The van der Waals surface area contributed by atoms with Crippen LogP contribution >= 0.6 is 0 Å². The second-order valence-corrected chi connectivity index (χ2v) is 3.18. The number of rotatable bonds is 0. The van der Waals surface area contributed by atoms with Gasteiger partial charge < -0.3 is 10.5 Å². The van der Waals surface area contributed by atoms with E-state index in [2.05, 4.69) is 0 Å². The average Bonchev–Trinajstić information content (AvgIpc) is 1.97. The van der Waals surface area contributed by atoms with E-state index in [0.717, 1.165) is 0 Å². The quantitative estimate of drug-likeness (QED) is 0.496. The summed E-state index contributed by atoms with van der Waals surface area (Å²) in [6.45, 7) is 5.50. The van der Waals surface area contributed by atoms with Gasteiger partial charge in [0.15, 0.2) is 0 Å². The molecule has 0 aliphatic carbocycles. The van der Waals surface area contributed by atoms with Gasteiger partial charge in [0.05, 0.1) is 0 Å².